The summed E-state index contributed by atoms with van der Waals surface area (Å²) in [6, 6.07) is 5.85. The highest BCUT2D eigenvalue weighted by Crippen LogP contribution is 2.28. The number of rotatable bonds is 2. The monoisotopic (exact) mass is 253 g/mol. The number of aromatic nitrogens is 3. The molecule has 96 valence electrons. The molecular weight excluding hydrogens is 238 g/mol. The first kappa shape index (κ1) is 11.5. The molecule has 0 unspecified atom stereocenters. The quantitative estimate of drug-likeness (QED) is 0.685. The van der Waals surface area contributed by atoms with E-state index in [9.17, 15) is 0 Å². The van der Waals surface area contributed by atoms with Crippen LogP contribution in [0.15, 0.2) is 36.8 Å². The van der Waals surface area contributed by atoms with Gasteiger partial charge in [-0.05, 0) is 18.1 Å². The summed E-state index contributed by atoms with van der Waals surface area (Å²) in [6.45, 7) is 2.08. The molecule has 0 amide bonds. The van der Waals surface area contributed by atoms with E-state index < -0.39 is 0 Å². The van der Waals surface area contributed by atoms with Gasteiger partial charge in [-0.15, -0.1) is 0 Å². The van der Waals surface area contributed by atoms with Gasteiger partial charge in [0, 0.05) is 29.8 Å². The fourth-order valence-corrected chi connectivity index (χ4v) is 2.32. The lowest BCUT2D eigenvalue weighted by Gasteiger charge is -2.11. The molecule has 0 aliphatic rings. The Morgan fingerprint density at radius 1 is 1.26 bits per heavy atom. The molecule has 0 spiro atoms. The van der Waals surface area contributed by atoms with Crippen molar-refractivity contribution in [2.75, 3.05) is 11.5 Å². The number of benzene rings is 1. The summed E-state index contributed by atoms with van der Waals surface area (Å²) in [4.78, 5) is 8.60. The molecule has 0 aliphatic carbocycles. The molecule has 2 heterocycles. The van der Waals surface area contributed by atoms with Crippen LogP contribution in [0.5, 0.6) is 0 Å². The van der Waals surface area contributed by atoms with Gasteiger partial charge >= 0.3 is 0 Å². The Bertz CT molecular complexity index is 745. The van der Waals surface area contributed by atoms with Crippen molar-refractivity contribution in [3.8, 4) is 11.3 Å². The molecule has 2 aromatic heterocycles. The Morgan fingerprint density at radius 3 is 2.89 bits per heavy atom. The first-order valence-corrected chi connectivity index (χ1v) is 6.17. The van der Waals surface area contributed by atoms with Gasteiger partial charge in [-0.3, -0.25) is 0 Å². The highest BCUT2D eigenvalue weighted by molar-refractivity contribution is 5.73. The Balaban J connectivity index is 2.27. The van der Waals surface area contributed by atoms with Crippen molar-refractivity contribution in [2.45, 2.75) is 13.3 Å². The van der Waals surface area contributed by atoms with Crippen LogP contribution in [0.25, 0.3) is 16.9 Å². The standard InChI is InChI=1S/C14H15N5/c1-2-9-10(4-3-5-11(9)15)12-8-19-7-6-17-14(19)13(16)18-12/h3-8H,2,15H2,1H3,(H2,16,18). The van der Waals surface area contributed by atoms with Crippen LogP contribution in [-0.4, -0.2) is 14.4 Å². The molecule has 0 aliphatic heterocycles. The largest absolute Gasteiger partial charge is 0.398 e. The number of nitrogen functional groups attached to an aromatic ring is 2. The lowest BCUT2D eigenvalue weighted by molar-refractivity contribution is 1.11. The summed E-state index contributed by atoms with van der Waals surface area (Å²) in [5.41, 5.74) is 16.3. The maximum absolute atomic E-state index is 6.02. The topological polar surface area (TPSA) is 82.2 Å². The van der Waals surface area contributed by atoms with Gasteiger partial charge in [-0.1, -0.05) is 19.1 Å². The molecule has 3 rings (SSSR count). The van der Waals surface area contributed by atoms with Crippen LogP contribution in [0.1, 0.15) is 12.5 Å². The Kier molecular flexibility index (Phi) is 2.59. The normalized spacial score (nSPS) is 11.0. The van der Waals surface area contributed by atoms with Crippen molar-refractivity contribution in [3.05, 3.63) is 42.4 Å². The average Bonchev–Trinajstić information content (AvgIpc) is 2.87. The van der Waals surface area contributed by atoms with E-state index in [1.807, 2.05) is 35.0 Å². The van der Waals surface area contributed by atoms with E-state index in [0.29, 0.717) is 11.5 Å². The van der Waals surface area contributed by atoms with Crippen LogP contribution >= 0.6 is 0 Å². The smallest absolute Gasteiger partial charge is 0.179 e. The summed E-state index contributed by atoms with van der Waals surface area (Å²) in [5.74, 6) is 0.423. The van der Waals surface area contributed by atoms with Gasteiger partial charge in [0.25, 0.3) is 0 Å². The number of hydrogen-bond donors (Lipinski definition) is 2. The summed E-state index contributed by atoms with van der Waals surface area (Å²) in [7, 11) is 0. The number of nitrogens with two attached hydrogens (primary N) is 2. The highest BCUT2D eigenvalue weighted by atomic mass is 15.0. The number of anilines is 2. The highest BCUT2D eigenvalue weighted by Gasteiger charge is 2.11. The third-order valence-electron chi connectivity index (χ3n) is 3.24. The maximum atomic E-state index is 6.02. The van der Waals surface area contributed by atoms with E-state index in [0.717, 1.165) is 28.9 Å². The molecule has 3 aromatic rings. The van der Waals surface area contributed by atoms with Gasteiger partial charge in [0.15, 0.2) is 11.5 Å². The van der Waals surface area contributed by atoms with E-state index in [4.69, 9.17) is 11.5 Å². The molecule has 19 heavy (non-hydrogen) atoms. The molecule has 1 aromatic carbocycles. The van der Waals surface area contributed by atoms with Gasteiger partial charge in [0.2, 0.25) is 0 Å². The summed E-state index contributed by atoms with van der Waals surface area (Å²) >= 11 is 0. The van der Waals surface area contributed by atoms with E-state index >= 15 is 0 Å². The predicted molar refractivity (Wildman–Crippen MR) is 76.6 cm³/mol. The molecule has 0 bridgehead atoms. The molecule has 0 saturated heterocycles. The number of fused-ring (bicyclic) bond motifs is 1. The zero-order valence-electron chi connectivity index (χ0n) is 10.7. The van der Waals surface area contributed by atoms with Crippen molar-refractivity contribution >= 4 is 17.2 Å². The van der Waals surface area contributed by atoms with Crippen LogP contribution in [0.2, 0.25) is 0 Å². The fraction of sp³-hybridized carbons (Fsp3) is 0.143. The lowest BCUT2D eigenvalue weighted by atomic mass is 10.0. The molecule has 0 atom stereocenters. The minimum Gasteiger partial charge on any atom is -0.398 e. The third-order valence-corrected chi connectivity index (χ3v) is 3.24. The number of nitrogens with zero attached hydrogens (tertiary/aromatic N) is 3. The van der Waals surface area contributed by atoms with Crippen LogP contribution in [0.4, 0.5) is 11.5 Å². The summed E-state index contributed by atoms with van der Waals surface area (Å²) in [6.07, 6.45) is 6.34. The second kappa shape index (κ2) is 4.28. The molecular formula is C14H15N5. The van der Waals surface area contributed by atoms with Gasteiger partial charge < -0.3 is 15.9 Å². The Labute approximate surface area is 110 Å². The van der Waals surface area contributed by atoms with Gasteiger partial charge in [-0.25, -0.2) is 9.97 Å². The second-order valence-electron chi connectivity index (χ2n) is 4.40. The van der Waals surface area contributed by atoms with Crippen molar-refractivity contribution in [3.63, 3.8) is 0 Å². The average molecular weight is 253 g/mol. The lowest BCUT2D eigenvalue weighted by Crippen LogP contribution is -2.01. The molecule has 0 radical (unpaired) electrons. The van der Waals surface area contributed by atoms with Gasteiger partial charge in [-0.2, -0.15) is 0 Å². The first-order chi connectivity index (χ1) is 9.20. The zero-order chi connectivity index (χ0) is 13.4. The number of imidazole rings is 1. The van der Waals surface area contributed by atoms with Crippen LogP contribution in [-0.2, 0) is 6.42 Å². The molecule has 0 fully saturated rings. The Hall–Kier alpha value is -2.56. The van der Waals surface area contributed by atoms with Gasteiger partial charge in [0.05, 0.1) is 5.69 Å². The fourth-order valence-electron chi connectivity index (χ4n) is 2.32. The van der Waals surface area contributed by atoms with Crippen LogP contribution in [0.3, 0.4) is 0 Å². The van der Waals surface area contributed by atoms with E-state index in [2.05, 4.69) is 16.9 Å². The van der Waals surface area contributed by atoms with E-state index in [1.165, 1.54) is 0 Å². The van der Waals surface area contributed by atoms with E-state index in [-0.39, 0.29) is 0 Å². The predicted octanol–water partition coefficient (Wildman–Crippen LogP) is 2.12. The number of hydrogen-bond acceptors (Lipinski definition) is 4. The molecule has 4 N–H and O–H groups in total. The van der Waals surface area contributed by atoms with Crippen molar-refractivity contribution < 1.29 is 0 Å². The van der Waals surface area contributed by atoms with Crippen molar-refractivity contribution in [2.24, 2.45) is 0 Å². The third kappa shape index (κ3) is 1.79. The van der Waals surface area contributed by atoms with Crippen LogP contribution < -0.4 is 11.5 Å². The van der Waals surface area contributed by atoms with Crippen molar-refractivity contribution in [1.29, 1.82) is 0 Å². The molecule has 5 nitrogen and oxygen atoms in total. The SMILES string of the molecule is CCc1c(N)cccc1-c1cn2ccnc2c(N)n1. The first-order valence-electron chi connectivity index (χ1n) is 6.17. The minimum absolute atomic E-state index is 0.423. The molecule has 5 heteroatoms. The minimum atomic E-state index is 0.423. The summed E-state index contributed by atoms with van der Waals surface area (Å²) in [5, 5.41) is 0. The zero-order valence-corrected chi connectivity index (χ0v) is 10.7. The second-order valence-corrected chi connectivity index (χ2v) is 4.40. The van der Waals surface area contributed by atoms with Gasteiger partial charge in [0.1, 0.15) is 0 Å². The molecule has 0 saturated carbocycles. The Morgan fingerprint density at radius 2 is 2.11 bits per heavy atom. The summed E-state index contributed by atoms with van der Waals surface area (Å²) < 4.78 is 1.88. The van der Waals surface area contributed by atoms with Crippen LogP contribution in [0, 0.1) is 0 Å². The van der Waals surface area contributed by atoms with Crippen molar-refractivity contribution in [1.82, 2.24) is 14.4 Å². The maximum Gasteiger partial charge on any atom is 0.179 e. The van der Waals surface area contributed by atoms with E-state index in [1.54, 1.807) is 6.20 Å².